The number of hydrogen-bond donors (Lipinski definition) is 1. The second kappa shape index (κ2) is 7.76. The van der Waals surface area contributed by atoms with E-state index < -0.39 is 0 Å². The van der Waals surface area contributed by atoms with Gasteiger partial charge >= 0.3 is 0 Å². The predicted octanol–water partition coefficient (Wildman–Crippen LogP) is 4.16. The van der Waals surface area contributed by atoms with E-state index in [4.69, 9.17) is 14.5 Å². The van der Waals surface area contributed by atoms with Crippen LogP contribution in [0.2, 0.25) is 0 Å². The van der Waals surface area contributed by atoms with Gasteiger partial charge in [-0.3, -0.25) is 4.79 Å². The van der Waals surface area contributed by atoms with Crippen molar-refractivity contribution in [1.82, 2.24) is 9.55 Å². The van der Waals surface area contributed by atoms with E-state index in [1.165, 1.54) is 20.0 Å². The summed E-state index contributed by atoms with van der Waals surface area (Å²) in [6, 6.07) is 12.9. The van der Waals surface area contributed by atoms with Gasteiger partial charge in [0.05, 0.1) is 31.2 Å². The average molecular weight is 377 g/mol. The van der Waals surface area contributed by atoms with Crippen LogP contribution in [0.15, 0.2) is 48.7 Å². The van der Waals surface area contributed by atoms with Crippen LogP contribution in [0.3, 0.4) is 0 Å². The molecule has 1 aliphatic heterocycles. The Labute approximate surface area is 164 Å². The number of anilines is 1. The molecule has 1 amide bonds. The Bertz CT molecular complexity index is 987. The van der Waals surface area contributed by atoms with Gasteiger partial charge in [0.1, 0.15) is 17.3 Å². The van der Waals surface area contributed by atoms with Crippen LogP contribution in [-0.2, 0) is 13.0 Å². The molecule has 144 valence electrons. The summed E-state index contributed by atoms with van der Waals surface area (Å²) in [7, 11) is 3.12. The molecule has 0 saturated heterocycles. The number of amides is 1. The van der Waals surface area contributed by atoms with Crippen LogP contribution in [-0.4, -0.2) is 29.7 Å². The molecule has 3 aromatic rings. The van der Waals surface area contributed by atoms with Gasteiger partial charge < -0.3 is 19.4 Å². The summed E-state index contributed by atoms with van der Waals surface area (Å²) in [5.74, 6) is 1.97. The Kier molecular flexibility index (Phi) is 5.02. The number of rotatable bonds is 5. The summed E-state index contributed by atoms with van der Waals surface area (Å²) in [4.78, 5) is 17.7. The Balaban J connectivity index is 1.64. The lowest BCUT2D eigenvalue weighted by Gasteiger charge is -2.13. The molecule has 0 saturated carbocycles. The maximum Gasteiger partial charge on any atom is 0.259 e. The number of carbonyl (C=O) groups excluding carboxylic acids is 1. The minimum Gasteiger partial charge on any atom is -0.497 e. The number of hydrogen-bond acceptors (Lipinski definition) is 4. The molecule has 6 heteroatoms. The minimum atomic E-state index is -0.240. The van der Waals surface area contributed by atoms with Crippen molar-refractivity contribution >= 4 is 11.6 Å². The van der Waals surface area contributed by atoms with E-state index in [-0.39, 0.29) is 5.91 Å². The highest BCUT2D eigenvalue weighted by atomic mass is 16.5. The number of methoxy groups -OCH3 is 2. The van der Waals surface area contributed by atoms with Gasteiger partial charge in [-0.05, 0) is 31.0 Å². The topological polar surface area (TPSA) is 65.4 Å². The van der Waals surface area contributed by atoms with Crippen molar-refractivity contribution in [3.63, 3.8) is 0 Å². The van der Waals surface area contributed by atoms with Crippen molar-refractivity contribution in [2.75, 3.05) is 19.5 Å². The molecule has 0 bridgehead atoms. The Morgan fingerprint density at radius 3 is 2.75 bits per heavy atom. The van der Waals surface area contributed by atoms with Gasteiger partial charge in [0.25, 0.3) is 5.91 Å². The normalized spacial score (nSPS) is 12.9. The van der Waals surface area contributed by atoms with Crippen molar-refractivity contribution in [2.24, 2.45) is 0 Å². The first-order chi connectivity index (χ1) is 13.7. The number of para-hydroxylation sites is 1. The van der Waals surface area contributed by atoms with Crippen LogP contribution in [0.5, 0.6) is 11.5 Å². The molecule has 1 aromatic heterocycles. The molecule has 0 radical (unpaired) electrons. The lowest BCUT2D eigenvalue weighted by Crippen LogP contribution is -2.14. The van der Waals surface area contributed by atoms with Crippen LogP contribution < -0.4 is 14.8 Å². The number of benzene rings is 2. The van der Waals surface area contributed by atoms with E-state index in [0.717, 1.165) is 35.7 Å². The summed E-state index contributed by atoms with van der Waals surface area (Å²) in [6.07, 6.45) is 5.43. The van der Waals surface area contributed by atoms with Crippen LogP contribution >= 0.6 is 0 Å². The van der Waals surface area contributed by atoms with E-state index in [9.17, 15) is 4.79 Å². The molecule has 28 heavy (non-hydrogen) atoms. The molecule has 2 aromatic carbocycles. The van der Waals surface area contributed by atoms with Crippen LogP contribution in [0.4, 0.5) is 5.69 Å². The summed E-state index contributed by atoms with van der Waals surface area (Å²) in [6.45, 7) is 1.000. The molecule has 6 nitrogen and oxygen atoms in total. The van der Waals surface area contributed by atoms with E-state index in [1.54, 1.807) is 25.3 Å². The summed E-state index contributed by atoms with van der Waals surface area (Å²) < 4.78 is 12.8. The van der Waals surface area contributed by atoms with Gasteiger partial charge in [0, 0.05) is 30.8 Å². The number of nitrogens with zero attached hydrogens (tertiary/aromatic N) is 2. The van der Waals surface area contributed by atoms with Crippen LogP contribution in [0, 0.1) is 0 Å². The third kappa shape index (κ3) is 3.45. The van der Waals surface area contributed by atoms with Crippen molar-refractivity contribution < 1.29 is 14.3 Å². The van der Waals surface area contributed by atoms with Crippen molar-refractivity contribution in [3.8, 4) is 22.8 Å². The number of imidazole rings is 1. The Hall–Kier alpha value is -3.28. The molecule has 0 unspecified atom stereocenters. The molecule has 0 spiro atoms. The van der Waals surface area contributed by atoms with Gasteiger partial charge in [0.15, 0.2) is 0 Å². The fourth-order valence-electron chi connectivity index (χ4n) is 3.53. The molecular formula is C22H23N3O3. The van der Waals surface area contributed by atoms with E-state index in [1.807, 2.05) is 24.3 Å². The molecule has 2 heterocycles. The molecule has 1 N–H and O–H groups in total. The molecular weight excluding hydrogens is 354 g/mol. The fourth-order valence-corrected chi connectivity index (χ4v) is 3.53. The number of aryl methyl sites for hydroxylation is 2. The first kappa shape index (κ1) is 18.1. The standard InChI is InChI=1S/C22H23N3O3/c1-27-15-10-11-17(20(13-15)28-2)22(26)24-18-8-4-3-7-16(18)19-14-25-12-6-5-9-21(25)23-19/h3-4,7-8,10-11,13-14H,5-6,9,12H2,1-2H3,(H,24,26). The third-order valence-electron chi connectivity index (χ3n) is 5.01. The second-order valence-electron chi connectivity index (χ2n) is 6.76. The predicted molar refractivity (Wildman–Crippen MR) is 108 cm³/mol. The van der Waals surface area contributed by atoms with E-state index in [0.29, 0.717) is 17.1 Å². The number of nitrogens with one attached hydrogen (secondary N) is 1. The van der Waals surface area contributed by atoms with E-state index >= 15 is 0 Å². The highest BCUT2D eigenvalue weighted by Crippen LogP contribution is 2.31. The van der Waals surface area contributed by atoms with E-state index in [2.05, 4.69) is 16.1 Å². The van der Waals surface area contributed by atoms with Gasteiger partial charge in [0.2, 0.25) is 0 Å². The number of fused-ring (bicyclic) bond motifs is 1. The van der Waals surface area contributed by atoms with Crippen LogP contribution in [0.1, 0.15) is 29.0 Å². The monoisotopic (exact) mass is 377 g/mol. The summed E-state index contributed by atoms with van der Waals surface area (Å²) in [5, 5.41) is 3.01. The zero-order valence-electron chi connectivity index (χ0n) is 16.1. The summed E-state index contributed by atoms with van der Waals surface area (Å²) >= 11 is 0. The van der Waals surface area contributed by atoms with Gasteiger partial charge in [-0.2, -0.15) is 0 Å². The van der Waals surface area contributed by atoms with Gasteiger partial charge in [-0.25, -0.2) is 4.98 Å². The highest BCUT2D eigenvalue weighted by molar-refractivity contribution is 6.08. The smallest absolute Gasteiger partial charge is 0.259 e. The van der Waals surface area contributed by atoms with Crippen molar-refractivity contribution in [2.45, 2.75) is 25.8 Å². The van der Waals surface area contributed by atoms with Crippen molar-refractivity contribution in [3.05, 3.63) is 60.0 Å². The largest absolute Gasteiger partial charge is 0.497 e. The lowest BCUT2D eigenvalue weighted by atomic mass is 10.1. The first-order valence-corrected chi connectivity index (χ1v) is 9.38. The van der Waals surface area contributed by atoms with Crippen LogP contribution in [0.25, 0.3) is 11.3 Å². The molecule has 0 atom stereocenters. The third-order valence-corrected chi connectivity index (χ3v) is 5.01. The highest BCUT2D eigenvalue weighted by Gasteiger charge is 2.18. The zero-order chi connectivity index (χ0) is 19.5. The van der Waals surface area contributed by atoms with Gasteiger partial charge in [-0.15, -0.1) is 0 Å². The second-order valence-corrected chi connectivity index (χ2v) is 6.76. The lowest BCUT2D eigenvalue weighted by molar-refractivity contribution is 0.102. The number of ether oxygens (including phenoxy) is 2. The zero-order valence-corrected chi connectivity index (χ0v) is 16.1. The quantitative estimate of drug-likeness (QED) is 0.725. The first-order valence-electron chi connectivity index (χ1n) is 9.38. The fraction of sp³-hybridized carbons (Fsp3) is 0.273. The maximum atomic E-state index is 12.9. The molecule has 0 fully saturated rings. The SMILES string of the molecule is COc1ccc(C(=O)Nc2ccccc2-c2cn3c(n2)CCCC3)c(OC)c1. The van der Waals surface area contributed by atoms with Gasteiger partial charge in [-0.1, -0.05) is 18.2 Å². The average Bonchev–Trinajstić information content (AvgIpc) is 3.17. The number of carbonyl (C=O) groups is 1. The van der Waals surface area contributed by atoms with Crippen molar-refractivity contribution in [1.29, 1.82) is 0 Å². The molecule has 0 aliphatic carbocycles. The molecule has 1 aliphatic rings. The summed E-state index contributed by atoms with van der Waals surface area (Å²) in [5.41, 5.74) is 2.96. The minimum absolute atomic E-state index is 0.240. The number of aromatic nitrogens is 2. The maximum absolute atomic E-state index is 12.9. The Morgan fingerprint density at radius 2 is 1.96 bits per heavy atom. The Morgan fingerprint density at radius 1 is 1.11 bits per heavy atom. The molecule has 4 rings (SSSR count).